The number of likely N-dealkylation sites (tertiary alicyclic amines) is 1. The fraction of sp³-hybridized carbons (Fsp3) is 1.00. The molecule has 0 aromatic rings. The standard InChI is InChI=1S/C16H35N3O/c1-5-15(6-2)19(12-13-20-4)16(14-17)8-7-10-18(3)11-9-16/h15H,5-14,17H2,1-4H3. The van der Waals surface area contributed by atoms with Gasteiger partial charge in [0.25, 0.3) is 0 Å². The maximum atomic E-state index is 6.27. The summed E-state index contributed by atoms with van der Waals surface area (Å²) < 4.78 is 5.35. The van der Waals surface area contributed by atoms with Crippen molar-refractivity contribution < 1.29 is 4.74 Å². The minimum Gasteiger partial charge on any atom is -0.383 e. The van der Waals surface area contributed by atoms with Gasteiger partial charge in [-0.05, 0) is 52.2 Å². The second-order valence-electron chi connectivity index (χ2n) is 6.24. The fourth-order valence-electron chi connectivity index (χ4n) is 3.65. The van der Waals surface area contributed by atoms with Gasteiger partial charge in [0.1, 0.15) is 0 Å². The van der Waals surface area contributed by atoms with E-state index in [1.54, 1.807) is 7.11 Å². The minimum atomic E-state index is 0.167. The SMILES string of the molecule is CCC(CC)N(CCOC)C1(CN)CCCN(C)CC1. The molecule has 1 saturated heterocycles. The van der Waals surface area contributed by atoms with Gasteiger partial charge >= 0.3 is 0 Å². The molecule has 4 heteroatoms. The predicted molar refractivity (Wildman–Crippen MR) is 86.1 cm³/mol. The van der Waals surface area contributed by atoms with Crippen molar-refractivity contribution in [3.63, 3.8) is 0 Å². The van der Waals surface area contributed by atoms with Crippen LogP contribution >= 0.6 is 0 Å². The van der Waals surface area contributed by atoms with Crippen molar-refractivity contribution in [2.75, 3.05) is 46.9 Å². The van der Waals surface area contributed by atoms with Crippen molar-refractivity contribution >= 4 is 0 Å². The summed E-state index contributed by atoms with van der Waals surface area (Å²) in [5.41, 5.74) is 6.44. The summed E-state index contributed by atoms with van der Waals surface area (Å²) in [7, 11) is 4.02. The third-order valence-electron chi connectivity index (χ3n) is 5.05. The summed E-state index contributed by atoms with van der Waals surface area (Å²) in [5, 5.41) is 0. The van der Waals surface area contributed by atoms with Crippen LogP contribution in [0.3, 0.4) is 0 Å². The second kappa shape index (κ2) is 8.98. The van der Waals surface area contributed by atoms with Gasteiger partial charge in [0.05, 0.1) is 6.61 Å². The fourth-order valence-corrected chi connectivity index (χ4v) is 3.65. The molecule has 0 spiro atoms. The van der Waals surface area contributed by atoms with Crippen LogP contribution in [0.2, 0.25) is 0 Å². The van der Waals surface area contributed by atoms with E-state index in [9.17, 15) is 0 Å². The van der Waals surface area contributed by atoms with Gasteiger partial charge in [0.2, 0.25) is 0 Å². The lowest BCUT2D eigenvalue weighted by molar-refractivity contribution is 0.0104. The number of methoxy groups -OCH3 is 1. The molecule has 1 aliphatic rings. The average Bonchev–Trinajstić information content (AvgIpc) is 2.66. The predicted octanol–water partition coefficient (Wildman–Crippen LogP) is 1.94. The zero-order valence-corrected chi connectivity index (χ0v) is 14.0. The first-order valence-corrected chi connectivity index (χ1v) is 8.27. The summed E-state index contributed by atoms with van der Waals surface area (Å²) >= 11 is 0. The lowest BCUT2D eigenvalue weighted by Crippen LogP contribution is -2.58. The normalized spacial score (nSPS) is 25.4. The van der Waals surface area contributed by atoms with Crippen molar-refractivity contribution in [1.29, 1.82) is 0 Å². The van der Waals surface area contributed by atoms with E-state index in [1.165, 1.54) is 38.6 Å². The summed E-state index contributed by atoms with van der Waals surface area (Å²) in [6, 6.07) is 0.622. The molecule has 1 unspecified atom stereocenters. The molecule has 2 N–H and O–H groups in total. The number of rotatable bonds is 8. The number of nitrogens with zero attached hydrogens (tertiary/aromatic N) is 2. The van der Waals surface area contributed by atoms with Gasteiger partial charge in [0.15, 0.2) is 0 Å². The molecule has 120 valence electrons. The third kappa shape index (κ3) is 4.42. The third-order valence-corrected chi connectivity index (χ3v) is 5.05. The van der Waals surface area contributed by atoms with Crippen molar-refractivity contribution in [1.82, 2.24) is 9.80 Å². The van der Waals surface area contributed by atoms with Crippen LogP contribution in [0.5, 0.6) is 0 Å². The topological polar surface area (TPSA) is 41.7 Å². The van der Waals surface area contributed by atoms with Crippen LogP contribution in [0.15, 0.2) is 0 Å². The Morgan fingerprint density at radius 1 is 1.25 bits per heavy atom. The van der Waals surface area contributed by atoms with Gasteiger partial charge in [-0.25, -0.2) is 0 Å². The van der Waals surface area contributed by atoms with Gasteiger partial charge in [-0.1, -0.05) is 13.8 Å². The summed E-state index contributed by atoms with van der Waals surface area (Å²) in [4.78, 5) is 5.12. The Hall–Kier alpha value is -0.160. The zero-order chi connectivity index (χ0) is 15.0. The molecule has 0 bridgehead atoms. The second-order valence-corrected chi connectivity index (χ2v) is 6.24. The first-order valence-electron chi connectivity index (χ1n) is 8.27. The molecule has 0 aromatic heterocycles. The number of nitrogens with two attached hydrogens (primary N) is 1. The monoisotopic (exact) mass is 285 g/mol. The molecule has 1 rings (SSSR count). The zero-order valence-electron chi connectivity index (χ0n) is 14.0. The van der Waals surface area contributed by atoms with E-state index in [0.29, 0.717) is 6.04 Å². The van der Waals surface area contributed by atoms with Crippen LogP contribution in [0.4, 0.5) is 0 Å². The van der Waals surface area contributed by atoms with Crippen molar-refractivity contribution in [2.45, 2.75) is 57.5 Å². The Balaban J connectivity index is 2.91. The lowest BCUT2D eigenvalue weighted by atomic mass is 9.86. The Kier molecular flexibility index (Phi) is 8.03. The molecule has 4 nitrogen and oxygen atoms in total. The van der Waals surface area contributed by atoms with Crippen LogP contribution in [0.25, 0.3) is 0 Å². The van der Waals surface area contributed by atoms with Crippen LogP contribution < -0.4 is 5.73 Å². The summed E-state index contributed by atoms with van der Waals surface area (Å²) in [5.74, 6) is 0. The van der Waals surface area contributed by atoms with Crippen LogP contribution in [-0.2, 0) is 4.74 Å². The van der Waals surface area contributed by atoms with E-state index < -0.39 is 0 Å². The van der Waals surface area contributed by atoms with Crippen LogP contribution in [-0.4, -0.2) is 68.3 Å². The van der Waals surface area contributed by atoms with E-state index in [-0.39, 0.29) is 5.54 Å². The molecular formula is C16H35N3O. The largest absolute Gasteiger partial charge is 0.383 e. The van der Waals surface area contributed by atoms with E-state index in [4.69, 9.17) is 10.5 Å². The first-order chi connectivity index (χ1) is 9.63. The molecule has 1 heterocycles. The van der Waals surface area contributed by atoms with Crippen molar-refractivity contribution in [3.05, 3.63) is 0 Å². The quantitative estimate of drug-likeness (QED) is 0.740. The molecule has 0 aromatic carbocycles. The molecular weight excluding hydrogens is 250 g/mol. The highest BCUT2D eigenvalue weighted by atomic mass is 16.5. The lowest BCUT2D eigenvalue weighted by Gasteiger charge is -2.47. The van der Waals surface area contributed by atoms with Crippen molar-refractivity contribution in [2.24, 2.45) is 5.73 Å². The van der Waals surface area contributed by atoms with E-state index in [2.05, 4.69) is 30.7 Å². The molecule has 0 amide bonds. The van der Waals surface area contributed by atoms with Crippen molar-refractivity contribution in [3.8, 4) is 0 Å². The maximum absolute atomic E-state index is 6.27. The Labute approximate surface area is 125 Å². The average molecular weight is 285 g/mol. The molecule has 0 aliphatic carbocycles. The molecule has 0 radical (unpaired) electrons. The van der Waals surface area contributed by atoms with E-state index >= 15 is 0 Å². The van der Waals surface area contributed by atoms with Crippen LogP contribution in [0.1, 0.15) is 46.0 Å². The highest BCUT2D eigenvalue weighted by Gasteiger charge is 2.39. The van der Waals surface area contributed by atoms with E-state index in [0.717, 1.165) is 26.2 Å². The van der Waals surface area contributed by atoms with Gasteiger partial charge in [0, 0.05) is 31.8 Å². The van der Waals surface area contributed by atoms with E-state index in [1.807, 2.05) is 0 Å². The van der Waals surface area contributed by atoms with Gasteiger partial charge < -0.3 is 15.4 Å². The Morgan fingerprint density at radius 2 is 1.95 bits per heavy atom. The number of hydrogen-bond acceptors (Lipinski definition) is 4. The summed E-state index contributed by atoms with van der Waals surface area (Å²) in [6.45, 7) is 9.50. The number of hydrogen-bond donors (Lipinski definition) is 1. The summed E-state index contributed by atoms with van der Waals surface area (Å²) in [6.07, 6.45) is 6.03. The molecule has 0 saturated carbocycles. The maximum Gasteiger partial charge on any atom is 0.0590 e. The number of ether oxygens (including phenoxy) is 1. The first kappa shape index (κ1) is 17.9. The Bertz CT molecular complexity index is 258. The Morgan fingerprint density at radius 3 is 2.50 bits per heavy atom. The minimum absolute atomic E-state index is 0.167. The van der Waals surface area contributed by atoms with Crippen LogP contribution in [0, 0.1) is 0 Å². The molecule has 1 aliphatic heterocycles. The molecule has 20 heavy (non-hydrogen) atoms. The molecule has 1 fully saturated rings. The van der Waals surface area contributed by atoms with Gasteiger partial charge in [-0.15, -0.1) is 0 Å². The van der Waals surface area contributed by atoms with Gasteiger partial charge in [-0.3, -0.25) is 4.90 Å². The smallest absolute Gasteiger partial charge is 0.0590 e. The highest BCUT2D eigenvalue weighted by Crippen LogP contribution is 2.31. The molecule has 1 atom stereocenters. The highest BCUT2D eigenvalue weighted by molar-refractivity contribution is 4.96. The van der Waals surface area contributed by atoms with Gasteiger partial charge in [-0.2, -0.15) is 0 Å².